The van der Waals surface area contributed by atoms with Gasteiger partial charge in [-0.15, -0.1) is 0 Å². The van der Waals surface area contributed by atoms with Crippen LogP contribution in [0.25, 0.3) is 22.3 Å². The van der Waals surface area contributed by atoms with Crippen LogP contribution in [0, 0.1) is 5.92 Å². The van der Waals surface area contributed by atoms with Crippen LogP contribution in [0.15, 0.2) is 79.1 Å². The van der Waals surface area contributed by atoms with Gasteiger partial charge in [0, 0.05) is 82.1 Å². The lowest BCUT2D eigenvalue weighted by atomic mass is 9.94. The molecule has 7 heterocycles. The number of para-hydroxylation sites is 1. The number of aromatic nitrogens is 4. The summed E-state index contributed by atoms with van der Waals surface area (Å²) in [5.74, 6) is 1.92. The lowest BCUT2D eigenvalue weighted by molar-refractivity contribution is -0.136. The first-order chi connectivity index (χ1) is 30.3. The third kappa shape index (κ3) is 8.36. The minimum Gasteiger partial charge on any atom is -0.457 e. The van der Waals surface area contributed by atoms with Crippen LogP contribution < -0.4 is 20.7 Å². The zero-order valence-corrected chi connectivity index (χ0v) is 35.2. The minimum absolute atomic E-state index is 0.125. The highest BCUT2D eigenvalue weighted by molar-refractivity contribution is 6.05. The topological polar surface area (TPSA) is 158 Å². The van der Waals surface area contributed by atoms with Crippen molar-refractivity contribution in [3.8, 4) is 22.8 Å². The monoisotopic (exact) mass is 837 g/mol. The van der Waals surface area contributed by atoms with Gasteiger partial charge in [-0.2, -0.15) is 5.10 Å². The number of nitrogens with zero attached hydrogens (tertiary/aromatic N) is 9. The van der Waals surface area contributed by atoms with Gasteiger partial charge in [0.25, 0.3) is 5.91 Å². The van der Waals surface area contributed by atoms with Crippen molar-refractivity contribution >= 4 is 40.3 Å². The first-order valence-corrected chi connectivity index (χ1v) is 22.3. The van der Waals surface area contributed by atoms with Crippen LogP contribution in [0.4, 0.5) is 11.5 Å². The van der Waals surface area contributed by atoms with Gasteiger partial charge in [0.1, 0.15) is 35.4 Å². The number of hydrogen-bond donors (Lipinski definition) is 2. The van der Waals surface area contributed by atoms with Crippen molar-refractivity contribution < 1.29 is 19.1 Å². The molecule has 3 N–H and O–H groups in total. The van der Waals surface area contributed by atoms with E-state index in [1.54, 1.807) is 11.2 Å². The molecule has 5 aliphatic heterocycles. The smallest absolute Gasteiger partial charge is 0.255 e. The number of anilines is 2. The predicted octanol–water partition coefficient (Wildman–Crippen LogP) is 4.80. The Morgan fingerprint density at radius 2 is 1.53 bits per heavy atom. The number of imide groups is 1. The first-order valence-electron chi connectivity index (χ1n) is 22.3. The van der Waals surface area contributed by atoms with Gasteiger partial charge in [-0.05, 0) is 118 Å². The minimum atomic E-state index is -0.590. The molecule has 0 spiro atoms. The molecule has 4 saturated heterocycles. The van der Waals surface area contributed by atoms with Crippen molar-refractivity contribution in [2.75, 3.05) is 82.6 Å². The van der Waals surface area contributed by atoms with Gasteiger partial charge < -0.3 is 30.1 Å². The van der Waals surface area contributed by atoms with Gasteiger partial charge in [0.15, 0.2) is 5.65 Å². The third-order valence-electron chi connectivity index (χ3n) is 13.7. The number of piperidine rings is 3. The average Bonchev–Trinajstić information content (AvgIpc) is 3.85. The quantitative estimate of drug-likeness (QED) is 0.176. The van der Waals surface area contributed by atoms with Gasteiger partial charge in [-0.1, -0.05) is 18.2 Å². The van der Waals surface area contributed by atoms with E-state index in [-0.39, 0.29) is 30.2 Å². The molecule has 0 bridgehead atoms. The normalized spacial score (nSPS) is 22.0. The number of carbonyl (C=O) groups is 3. The fourth-order valence-electron chi connectivity index (χ4n) is 10.2. The molecule has 2 aromatic heterocycles. The van der Waals surface area contributed by atoms with E-state index in [2.05, 4.69) is 40.6 Å². The second kappa shape index (κ2) is 17.5. The van der Waals surface area contributed by atoms with Crippen LogP contribution in [0.3, 0.4) is 0 Å². The van der Waals surface area contributed by atoms with Crippen LogP contribution in [0.5, 0.6) is 11.5 Å². The van der Waals surface area contributed by atoms with E-state index in [1.807, 2.05) is 66.7 Å². The van der Waals surface area contributed by atoms with Crippen molar-refractivity contribution in [1.29, 1.82) is 0 Å². The highest BCUT2D eigenvalue weighted by atomic mass is 16.5. The van der Waals surface area contributed by atoms with E-state index in [4.69, 9.17) is 20.6 Å². The van der Waals surface area contributed by atoms with E-state index < -0.39 is 6.04 Å². The molecule has 1 unspecified atom stereocenters. The predicted molar refractivity (Wildman–Crippen MR) is 237 cm³/mol. The molecule has 10 rings (SSSR count). The highest BCUT2D eigenvalue weighted by Gasteiger charge is 2.39. The zero-order valence-electron chi connectivity index (χ0n) is 35.2. The van der Waals surface area contributed by atoms with Gasteiger partial charge in [-0.3, -0.25) is 24.6 Å². The lowest BCUT2D eigenvalue weighted by Gasteiger charge is -2.39. The maximum Gasteiger partial charge on any atom is 0.255 e. The molecule has 5 aromatic rings. The van der Waals surface area contributed by atoms with Crippen LogP contribution in [-0.2, 0) is 16.1 Å². The number of amides is 3. The number of piperazine rings is 1. The zero-order chi connectivity index (χ0) is 42.2. The number of likely N-dealkylation sites (tertiary alicyclic amines) is 2. The van der Waals surface area contributed by atoms with Crippen molar-refractivity contribution in [2.45, 2.75) is 57.2 Å². The highest BCUT2D eigenvalue weighted by Crippen LogP contribution is 2.36. The molecule has 0 radical (unpaired) electrons. The number of nitrogens with one attached hydrogen (secondary N) is 1. The summed E-state index contributed by atoms with van der Waals surface area (Å²) >= 11 is 0. The number of hydrogen-bond acceptors (Lipinski definition) is 12. The summed E-state index contributed by atoms with van der Waals surface area (Å²) in [7, 11) is 0. The summed E-state index contributed by atoms with van der Waals surface area (Å²) in [5, 5.41) is 8.38. The standard InChI is InChI=1S/C47H55N11O4/c48-44-42-43(33-8-11-38(12-9-33)62-37-6-2-1-3-7-37)52-58(45(42)50-31-49-44)36-5-4-18-55(30-36)28-32-16-19-53(20-17-32)21-22-54-23-25-56(26-24-54)35-10-13-39-34(27-35)29-57(47(39)61)40-14-15-41(59)51-46(40)60/h1-3,6-13,27,31-32,36,40H,4-5,14-26,28-30H2,(H2,48,49,50)(H,51,59,60)/t36-,40?/m1/s1. The Morgan fingerprint density at radius 1 is 0.774 bits per heavy atom. The lowest BCUT2D eigenvalue weighted by Crippen LogP contribution is -2.52. The maximum atomic E-state index is 13.2. The number of ether oxygens (including phenoxy) is 1. The number of fused-ring (bicyclic) bond motifs is 2. The molecule has 5 aliphatic rings. The van der Waals surface area contributed by atoms with Crippen LogP contribution in [0.1, 0.15) is 60.5 Å². The number of nitrogen functional groups attached to an aromatic ring is 1. The molecular weight excluding hydrogens is 783 g/mol. The molecule has 15 heteroatoms. The summed E-state index contributed by atoms with van der Waals surface area (Å²) in [6, 6.07) is 23.5. The summed E-state index contributed by atoms with van der Waals surface area (Å²) in [5.41, 5.74) is 11.8. The van der Waals surface area contributed by atoms with Crippen LogP contribution in [0.2, 0.25) is 0 Å². The molecular formula is C47H55N11O4. The molecule has 2 atom stereocenters. The Kier molecular flexibility index (Phi) is 11.3. The van der Waals surface area contributed by atoms with E-state index >= 15 is 0 Å². The number of carbonyl (C=O) groups excluding carboxylic acids is 3. The second-order valence-electron chi connectivity index (χ2n) is 17.6. The Balaban J connectivity index is 0.686. The van der Waals surface area contributed by atoms with Gasteiger partial charge >= 0.3 is 0 Å². The summed E-state index contributed by atoms with van der Waals surface area (Å²) in [6.45, 7) is 11.9. The van der Waals surface area contributed by atoms with Gasteiger partial charge in [0.2, 0.25) is 11.8 Å². The largest absolute Gasteiger partial charge is 0.457 e. The molecule has 3 aromatic carbocycles. The molecule has 0 saturated carbocycles. The Morgan fingerprint density at radius 3 is 2.31 bits per heavy atom. The summed E-state index contributed by atoms with van der Waals surface area (Å²) < 4.78 is 8.15. The average molecular weight is 838 g/mol. The first kappa shape index (κ1) is 40.2. The van der Waals surface area contributed by atoms with E-state index in [0.29, 0.717) is 30.3 Å². The number of nitrogens with two attached hydrogens (primary N) is 1. The molecule has 3 amide bonds. The van der Waals surface area contributed by atoms with Gasteiger partial charge in [-0.25, -0.2) is 14.6 Å². The summed E-state index contributed by atoms with van der Waals surface area (Å²) in [4.78, 5) is 58.3. The van der Waals surface area contributed by atoms with Crippen molar-refractivity contribution in [3.05, 3.63) is 90.3 Å². The maximum absolute atomic E-state index is 13.2. The SMILES string of the molecule is Nc1ncnc2c1c(-c1ccc(Oc3ccccc3)cc1)nn2[C@@H]1CCCN(CC2CCN(CCN3CCN(c4ccc5c(c4)CN(C4CCC(=O)NC4=O)C5=O)CC3)CC2)C1. The second-order valence-corrected chi connectivity index (χ2v) is 17.6. The van der Waals surface area contributed by atoms with E-state index in [9.17, 15) is 14.4 Å². The molecule has 15 nitrogen and oxygen atoms in total. The fourth-order valence-corrected chi connectivity index (χ4v) is 10.2. The molecule has 4 fully saturated rings. The van der Waals surface area contributed by atoms with Crippen molar-refractivity contribution in [1.82, 2.24) is 44.7 Å². The van der Waals surface area contributed by atoms with Crippen LogP contribution in [-0.4, -0.2) is 135 Å². The Bertz CT molecular complexity index is 2430. The van der Waals surface area contributed by atoms with E-state index in [0.717, 1.165) is 130 Å². The van der Waals surface area contributed by atoms with Crippen LogP contribution >= 0.6 is 0 Å². The molecule has 322 valence electrons. The fraction of sp³-hybridized carbons (Fsp3) is 0.447. The Labute approximate surface area is 361 Å². The van der Waals surface area contributed by atoms with E-state index in [1.165, 1.54) is 12.8 Å². The summed E-state index contributed by atoms with van der Waals surface area (Å²) in [6.07, 6.45) is 6.80. The Hall–Kier alpha value is -5.90. The molecule has 0 aliphatic carbocycles. The molecule has 62 heavy (non-hydrogen) atoms. The van der Waals surface area contributed by atoms with Gasteiger partial charge in [0.05, 0.1) is 11.4 Å². The van der Waals surface area contributed by atoms with Crippen molar-refractivity contribution in [2.24, 2.45) is 5.92 Å². The number of benzene rings is 3. The van der Waals surface area contributed by atoms with Crippen molar-refractivity contribution in [3.63, 3.8) is 0 Å². The number of rotatable bonds is 11. The third-order valence-corrected chi connectivity index (χ3v) is 13.7.